The van der Waals surface area contributed by atoms with Crippen molar-refractivity contribution in [1.82, 2.24) is 5.32 Å². The molecule has 18 heavy (non-hydrogen) atoms. The van der Waals surface area contributed by atoms with Gasteiger partial charge in [-0.25, -0.2) is 0 Å². The van der Waals surface area contributed by atoms with E-state index < -0.39 is 0 Å². The number of benzene rings is 1. The van der Waals surface area contributed by atoms with Crippen LogP contribution >= 0.6 is 0 Å². The molecule has 0 unspecified atom stereocenters. The Bertz CT molecular complexity index is 419. The summed E-state index contributed by atoms with van der Waals surface area (Å²) in [6.45, 7) is 9.22. The number of aryl methyl sites for hydroxylation is 1. The molecule has 0 aliphatic heterocycles. The number of carbonyl (C=O) groups is 1. The SMILES string of the molecule is CNCCC(=O)Nc1cc(C(C)(C)C)ccc1C. The summed E-state index contributed by atoms with van der Waals surface area (Å²) in [5.41, 5.74) is 3.35. The summed E-state index contributed by atoms with van der Waals surface area (Å²) in [5, 5.41) is 5.95. The number of rotatable bonds is 4. The molecule has 0 aliphatic carbocycles. The van der Waals surface area contributed by atoms with Crippen molar-refractivity contribution in [2.24, 2.45) is 0 Å². The van der Waals surface area contributed by atoms with E-state index in [4.69, 9.17) is 0 Å². The molecule has 0 spiro atoms. The van der Waals surface area contributed by atoms with Gasteiger partial charge in [0.15, 0.2) is 0 Å². The monoisotopic (exact) mass is 248 g/mol. The van der Waals surface area contributed by atoms with Gasteiger partial charge >= 0.3 is 0 Å². The van der Waals surface area contributed by atoms with E-state index in [1.807, 2.05) is 14.0 Å². The lowest BCUT2D eigenvalue weighted by molar-refractivity contribution is -0.116. The van der Waals surface area contributed by atoms with Crippen LogP contribution in [0.5, 0.6) is 0 Å². The largest absolute Gasteiger partial charge is 0.326 e. The Morgan fingerprint density at radius 3 is 2.50 bits per heavy atom. The van der Waals surface area contributed by atoms with Gasteiger partial charge in [0.2, 0.25) is 5.91 Å². The number of carbonyl (C=O) groups excluding carboxylic acids is 1. The molecule has 3 heteroatoms. The zero-order valence-corrected chi connectivity index (χ0v) is 12.1. The smallest absolute Gasteiger partial charge is 0.225 e. The van der Waals surface area contributed by atoms with Crippen molar-refractivity contribution >= 4 is 11.6 Å². The summed E-state index contributed by atoms with van der Waals surface area (Å²) >= 11 is 0. The fourth-order valence-corrected chi connectivity index (χ4v) is 1.67. The van der Waals surface area contributed by atoms with Gasteiger partial charge in [-0.2, -0.15) is 0 Å². The molecule has 2 N–H and O–H groups in total. The predicted molar refractivity (Wildman–Crippen MR) is 77.1 cm³/mol. The first kappa shape index (κ1) is 14.7. The van der Waals surface area contributed by atoms with E-state index in [9.17, 15) is 4.79 Å². The maximum Gasteiger partial charge on any atom is 0.225 e. The first-order valence-electron chi connectivity index (χ1n) is 6.40. The molecule has 1 amide bonds. The van der Waals surface area contributed by atoms with E-state index in [-0.39, 0.29) is 11.3 Å². The van der Waals surface area contributed by atoms with Crippen LogP contribution in [0.1, 0.15) is 38.3 Å². The highest BCUT2D eigenvalue weighted by molar-refractivity contribution is 5.91. The zero-order chi connectivity index (χ0) is 13.8. The fourth-order valence-electron chi connectivity index (χ4n) is 1.67. The number of anilines is 1. The van der Waals surface area contributed by atoms with Crippen LogP contribution in [0.25, 0.3) is 0 Å². The van der Waals surface area contributed by atoms with Crippen LogP contribution < -0.4 is 10.6 Å². The topological polar surface area (TPSA) is 41.1 Å². The summed E-state index contributed by atoms with van der Waals surface area (Å²) in [4.78, 5) is 11.7. The lowest BCUT2D eigenvalue weighted by atomic mass is 9.86. The van der Waals surface area contributed by atoms with Crippen molar-refractivity contribution in [3.63, 3.8) is 0 Å². The molecule has 0 saturated heterocycles. The van der Waals surface area contributed by atoms with Gasteiger partial charge < -0.3 is 10.6 Å². The molecule has 1 aromatic rings. The average molecular weight is 248 g/mol. The minimum atomic E-state index is 0.0542. The number of hydrogen-bond donors (Lipinski definition) is 2. The first-order valence-corrected chi connectivity index (χ1v) is 6.40. The van der Waals surface area contributed by atoms with E-state index in [0.29, 0.717) is 13.0 Å². The van der Waals surface area contributed by atoms with Crippen LogP contribution in [0.2, 0.25) is 0 Å². The molecule has 0 radical (unpaired) electrons. The number of hydrogen-bond acceptors (Lipinski definition) is 2. The van der Waals surface area contributed by atoms with E-state index in [1.54, 1.807) is 0 Å². The van der Waals surface area contributed by atoms with E-state index in [0.717, 1.165) is 11.3 Å². The maximum absolute atomic E-state index is 11.7. The molecule has 0 aromatic heterocycles. The number of amides is 1. The molecule has 1 aromatic carbocycles. The quantitative estimate of drug-likeness (QED) is 0.860. The highest BCUT2D eigenvalue weighted by atomic mass is 16.1. The molecule has 0 atom stereocenters. The van der Waals surface area contributed by atoms with Crippen molar-refractivity contribution in [3.8, 4) is 0 Å². The third kappa shape index (κ3) is 4.15. The fraction of sp³-hybridized carbons (Fsp3) is 0.533. The summed E-state index contributed by atoms with van der Waals surface area (Å²) in [5.74, 6) is 0.0542. The van der Waals surface area contributed by atoms with Gasteiger partial charge in [0.1, 0.15) is 0 Å². The van der Waals surface area contributed by atoms with Gasteiger partial charge in [-0.15, -0.1) is 0 Å². The second-order valence-electron chi connectivity index (χ2n) is 5.68. The van der Waals surface area contributed by atoms with Gasteiger partial charge in [0.25, 0.3) is 0 Å². The Kier molecular flexibility index (Phi) is 4.91. The van der Waals surface area contributed by atoms with Gasteiger partial charge in [0.05, 0.1) is 0 Å². The van der Waals surface area contributed by atoms with Crippen molar-refractivity contribution < 1.29 is 4.79 Å². The third-order valence-electron chi connectivity index (χ3n) is 2.98. The molecule has 0 bridgehead atoms. The molecule has 0 aliphatic rings. The second-order valence-corrected chi connectivity index (χ2v) is 5.68. The predicted octanol–water partition coefficient (Wildman–Crippen LogP) is 2.84. The Morgan fingerprint density at radius 1 is 1.28 bits per heavy atom. The van der Waals surface area contributed by atoms with Crippen molar-refractivity contribution in [3.05, 3.63) is 29.3 Å². The minimum absolute atomic E-state index is 0.0542. The Balaban J connectivity index is 2.85. The van der Waals surface area contributed by atoms with Crippen molar-refractivity contribution in [1.29, 1.82) is 0 Å². The molecule has 0 heterocycles. The summed E-state index contributed by atoms with van der Waals surface area (Å²) < 4.78 is 0. The van der Waals surface area contributed by atoms with Crippen LogP contribution in [-0.4, -0.2) is 19.5 Å². The summed E-state index contributed by atoms with van der Waals surface area (Å²) in [6, 6.07) is 6.26. The second kappa shape index (κ2) is 6.01. The van der Waals surface area contributed by atoms with Gasteiger partial charge in [-0.3, -0.25) is 4.79 Å². The highest BCUT2D eigenvalue weighted by Crippen LogP contribution is 2.26. The Labute approximate surface area is 110 Å². The lowest BCUT2D eigenvalue weighted by Crippen LogP contribution is -2.20. The average Bonchev–Trinajstić information content (AvgIpc) is 2.28. The Morgan fingerprint density at radius 2 is 1.94 bits per heavy atom. The van der Waals surface area contributed by atoms with Gasteiger partial charge in [0, 0.05) is 18.7 Å². The van der Waals surface area contributed by atoms with Crippen molar-refractivity contribution in [2.75, 3.05) is 18.9 Å². The third-order valence-corrected chi connectivity index (χ3v) is 2.98. The standard InChI is InChI=1S/C15H24N2O/c1-11-6-7-12(15(2,3)4)10-13(11)17-14(18)8-9-16-5/h6-7,10,16H,8-9H2,1-5H3,(H,17,18). The molecule has 100 valence electrons. The summed E-state index contributed by atoms with van der Waals surface area (Å²) in [6.07, 6.45) is 0.496. The molecule has 0 saturated carbocycles. The Hall–Kier alpha value is -1.35. The minimum Gasteiger partial charge on any atom is -0.326 e. The van der Waals surface area contributed by atoms with Gasteiger partial charge in [-0.05, 0) is 36.6 Å². The van der Waals surface area contributed by atoms with Crippen LogP contribution in [-0.2, 0) is 10.2 Å². The van der Waals surface area contributed by atoms with E-state index in [2.05, 4.69) is 49.6 Å². The van der Waals surface area contributed by atoms with Gasteiger partial charge in [-0.1, -0.05) is 32.9 Å². The highest BCUT2D eigenvalue weighted by Gasteiger charge is 2.15. The van der Waals surface area contributed by atoms with Crippen LogP contribution in [0.4, 0.5) is 5.69 Å². The lowest BCUT2D eigenvalue weighted by Gasteiger charge is -2.21. The van der Waals surface area contributed by atoms with Crippen LogP contribution in [0, 0.1) is 6.92 Å². The van der Waals surface area contributed by atoms with E-state index >= 15 is 0 Å². The molecule has 1 rings (SSSR count). The maximum atomic E-state index is 11.7. The van der Waals surface area contributed by atoms with Crippen molar-refractivity contribution in [2.45, 2.75) is 39.5 Å². The molecule has 0 fully saturated rings. The zero-order valence-electron chi connectivity index (χ0n) is 12.1. The summed E-state index contributed by atoms with van der Waals surface area (Å²) in [7, 11) is 1.85. The normalized spacial score (nSPS) is 11.4. The van der Waals surface area contributed by atoms with Crippen LogP contribution in [0.15, 0.2) is 18.2 Å². The molecular formula is C15H24N2O. The molecule has 3 nitrogen and oxygen atoms in total. The van der Waals surface area contributed by atoms with Crippen LogP contribution in [0.3, 0.4) is 0 Å². The van der Waals surface area contributed by atoms with E-state index in [1.165, 1.54) is 5.56 Å². The number of nitrogens with one attached hydrogen (secondary N) is 2. The molecular weight excluding hydrogens is 224 g/mol. The first-order chi connectivity index (χ1) is 8.34.